The van der Waals surface area contributed by atoms with Crippen LogP contribution in [-0.4, -0.2) is 55.5 Å². The monoisotopic (exact) mass is 431 g/mol. The number of benzene rings is 2. The minimum Gasteiger partial charge on any atom is -0.497 e. The van der Waals surface area contributed by atoms with Gasteiger partial charge in [-0.3, -0.25) is 9.69 Å². The number of carbonyl (C=O) groups is 1. The summed E-state index contributed by atoms with van der Waals surface area (Å²) < 4.78 is 11.2. The van der Waals surface area contributed by atoms with Crippen LogP contribution in [0.2, 0.25) is 0 Å². The van der Waals surface area contributed by atoms with Gasteiger partial charge in [0.2, 0.25) is 0 Å². The summed E-state index contributed by atoms with van der Waals surface area (Å²) in [4.78, 5) is 19.6. The highest BCUT2D eigenvalue weighted by atomic mass is 16.5. The molecule has 2 aliphatic heterocycles. The molecule has 0 unspecified atom stereocenters. The quantitative estimate of drug-likeness (QED) is 0.615. The Labute approximate surface area is 189 Å². The Bertz CT molecular complexity index is 1070. The van der Waals surface area contributed by atoms with Crippen LogP contribution in [0.15, 0.2) is 65.1 Å². The van der Waals surface area contributed by atoms with Crippen LogP contribution >= 0.6 is 0 Å². The molecule has 1 saturated heterocycles. The molecule has 3 aromatic rings. The van der Waals surface area contributed by atoms with Gasteiger partial charge in [0.05, 0.1) is 13.7 Å². The third kappa shape index (κ3) is 4.36. The SMILES string of the molecule is COc1ccc(N2CCN(Cc3ccc(C(=O)N4CCc5ccccc5C4)o3)CC2)cc1. The van der Waals surface area contributed by atoms with Gasteiger partial charge in [-0.05, 0) is 53.9 Å². The lowest BCUT2D eigenvalue weighted by molar-refractivity contribution is 0.0698. The second kappa shape index (κ2) is 9.09. The summed E-state index contributed by atoms with van der Waals surface area (Å²) in [7, 11) is 1.69. The molecule has 0 aliphatic carbocycles. The summed E-state index contributed by atoms with van der Waals surface area (Å²) >= 11 is 0. The van der Waals surface area contributed by atoms with Crippen LogP contribution in [0.4, 0.5) is 5.69 Å². The van der Waals surface area contributed by atoms with E-state index in [1.807, 2.05) is 35.2 Å². The fraction of sp³-hybridized carbons (Fsp3) is 0.346. The van der Waals surface area contributed by atoms with Crippen LogP contribution < -0.4 is 9.64 Å². The Hall–Kier alpha value is -3.25. The first kappa shape index (κ1) is 20.6. The fourth-order valence-electron chi connectivity index (χ4n) is 4.58. The lowest BCUT2D eigenvalue weighted by Crippen LogP contribution is -2.45. The third-order valence-electron chi connectivity index (χ3n) is 6.48. The van der Waals surface area contributed by atoms with E-state index < -0.39 is 0 Å². The van der Waals surface area contributed by atoms with Crippen LogP contribution in [0.1, 0.15) is 27.4 Å². The molecule has 6 nitrogen and oxygen atoms in total. The Balaban J connectivity index is 1.15. The number of fused-ring (bicyclic) bond motifs is 1. The Morgan fingerprint density at radius 2 is 1.66 bits per heavy atom. The number of piperazine rings is 1. The van der Waals surface area contributed by atoms with Crippen molar-refractivity contribution in [3.05, 3.63) is 83.3 Å². The van der Waals surface area contributed by atoms with Gasteiger partial charge in [-0.1, -0.05) is 24.3 Å². The normalized spacial score (nSPS) is 16.7. The Kier molecular flexibility index (Phi) is 5.86. The molecule has 3 heterocycles. The van der Waals surface area contributed by atoms with E-state index in [-0.39, 0.29) is 5.91 Å². The minimum absolute atomic E-state index is 0.0184. The van der Waals surface area contributed by atoms with Crippen molar-refractivity contribution >= 4 is 11.6 Å². The average molecular weight is 432 g/mol. The van der Waals surface area contributed by atoms with Crippen LogP contribution in [0.5, 0.6) is 5.75 Å². The highest BCUT2D eigenvalue weighted by Gasteiger charge is 2.24. The molecule has 1 aromatic heterocycles. The predicted octanol–water partition coefficient (Wildman–Crippen LogP) is 3.81. The maximum absolute atomic E-state index is 13.0. The highest BCUT2D eigenvalue weighted by molar-refractivity contribution is 5.91. The molecule has 1 fully saturated rings. The average Bonchev–Trinajstić information content (AvgIpc) is 3.32. The summed E-state index contributed by atoms with van der Waals surface area (Å²) in [5.41, 5.74) is 3.79. The Morgan fingerprint density at radius 3 is 2.41 bits per heavy atom. The molecule has 0 N–H and O–H groups in total. The number of rotatable bonds is 5. The van der Waals surface area contributed by atoms with Crippen molar-refractivity contribution in [3.8, 4) is 5.75 Å². The fourth-order valence-corrected chi connectivity index (χ4v) is 4.58. The molecule has 0 atom stereocenters. The number of amides is 1. The van der Waals surface area contributed by atoms with Gasteiger partial charge in [0.1, 0.15) is 11.5 Å². The summed E-state index contributed by atoms with van der Waals surface area (Å²) in [6, 6.07) is 20.3. The van der Waals surface area contributed by atoms with Crippen molar-refractivity contribution < 1.29 is 13.9 Å². The standard InChI is InChI=1S/C26H29N3O3/c1-31-23-8-6-22(7-9-23)28-16-14-27(15-17-28)19-24-10-11-25(32-24)26(30)29-13-12-20-4-2-3-5-21(20)18-29/h2-11H,12-19H2,1H3. The Morgan fingerprint density at radius 1 is 0.906 bits per heavy atom. The summed E-state index contributed by atoms with van der Waals surface area (Å²) in [6.07, 6.45) is 0.897. The van der Waals surface area contributed by atoms with E-state index in [2.05, 4.69) is 40.1 Å². The van der Waals surface area contributed by atoms with E-state index in [1.54, 1.807) is 7.11 Å². The number of nitrogens with zero attached hydrogens (tertiary/aromatic N) is 3. The lowest BCUT2D eigenvalue weighted by Gasteiger charge is -2.35. The van der Waals surface area contributed by atoms with Gasteiger partial charge in [-0.15, -0.1) is 0 Å². The van der Waals surface area contributed by atoms with Crippen molar-refractivity contribution in [3.63, 3.8) is 0 Å². The van der Waals surface area contributed by atoms with E-state index in [0.29, 0.717) is 12.3 Å². The predicted molar refractivity (Wildman–Crippen MR) is 124 cm³/mol. The van der Waals surface area contributed by atoms with Crippen molar-refractivity contribution in [1.29, 1.82) is 0 Å². The first-order valence-corrected chi connectivity index (χ1v) is 11.3. The van der Waals surface area contributed by atoms with Gasteiger partial charge in [0.25, 0.3) is 5.91 Å². The van der Waals surface area contributed by atoms with E-state index in [1.165, 1.54) is 16.8 Å². The van der Waals surface area contributed by atoms with Crippen molar-refractivity contribution in [2.45, 2.75) is 19.5 Å². The molecular weight excluding hydrogens is 402 g/mol. The van der Waals surface area contributed by atoms with E-state index >= 15 is 0 Å². The molecule has 0 spiro atoms. The molecule has 6 heteroatoms. The zero-order valence-electron chi connectivity index (χ0n) is 18.5. The molecule has 2 aliphatic rings. The van der Waals surface area contributed by atoms with E-state index in [4.69, 9.17) is 9.15 Å². The van der Waals surface area contributed by atoms with Crippen molar-refractivity contribution in [1.82, 2.24) is 9.80 Å². The topological polar surface area (TPSA) is 49.2 Å². The number of ether oxygens (including phenoxy) is 1. The minimum atomic E-state index is -0.0184. The number of carbonyl (C=O) groups excluding carboxylic acids is 1. The van der Waals surface area contributed by atoms with Gasteiger partial charge < -0.3 is 19.0 Å². The molecule has 32 heavy (non-hydrogen) atoms. The van der Waals surface area contributed by atoms with E-state index in [0.717, 1.165) is 57.2 Å². The molecule has 0 bridgehead atoms. The molecule has 2 aromatic carbocycles. The number of hydrogen-bond acceptors (Lipinski definition) is 5. The van der Waals surface area contributed by atoms with Crippen LogP contribution in [0, 0.1) is 0 Å². The van der Waals surface area contributed by atoms with Gasteiger partial charge in [0, 0.05) is 45.0 Å². The molecular formula is C26H29N3O3. The smallest absolute Gasteiger partial charge is 0.289 e. The number of anilines is 1. The number of methoxy groups -OCH3 is 1. The first-order valence-electron chi connectivity index (χ1n) is 11.3. The number of hydrogen-bond donors (Lipinski definition) is 0. The summed E-state index contributed by atoms with van der Waals surface area (Å²) in [5.74, 6) is 2.15. The van der Waals surface area contributed by atoms with Gasteiger partial charge >= 0.3 is 0 Å². The summed E-state index contributed by atoms with van der Waals surface area (Å²) in [6.45, 7) is 5.96. The summed E-state index contributed by atoms with van der Waals surface area (Å²) in [5, 5.41) is 0. The maximum atomic E-state index is 13.0. The first-order chi connectivity index (χ1) is 15.7. The molecule has 166 valence electrons. The van der Waals surface area contributed by atoms with Gasteiger partial charge in [0.15, 0.2) is 5.76 Å². The highest BCUT2D eigenvalue weighted by Crippen LogP contribution is 2.23. The molecule has 0 saturated carbocycles. The van der Waals surface area contributed by atoms with Crippen LogP contribution in [-0.2, 0) is 19.5 Å². The van der Waals surface area contributed by atoms with Crippen molar-refractivity contribution in [2.75, 3.05) is 44.7 Å². The molecule has 5 rings (SSSR count). The zero-order chi connectivity index (χ0) is 21.9. The second-order valence-electron chi connectivity index (χ2n) is 8.47. The van der Waals surface area contributed by atoms with Crippen LogP contribution in [0.25, 0.3) is 0 Å². The second-order valence-corrected chi connectivity index (χ2v) is 8.47. The zero-order valence-corrected chi connectivity index (χ0v) is 18.5. The van der Waals surface area contributed by atoms with E-state index in [9.17, 15) is 4.79 Å². The largest absolute Gasteiger partial charge is 0.497 e. The van der Waals surface area contributed by atoms with Gasteiger partial charge in [-0.2, -0.15) is 0 Å². The number of furan rings is 1. The van der Waals surface area contributed by atoms with Crippen molar-refractivity contribution in [2.24, 2.45) is 0 Å². The van der Waals surface area contributed by atoms with Gasteiger partial charge in [-0.25, -0.2) is 0 Å². The maximum Gasteiger partial charge on any atom is 0.289 e. The molecule has 0 radical (unpaired) electrons. The lowest BCUT2D eigenvalue weighted by atomic mass is 10.00. The van der Waals surface area contributed by atoms with Crippen LogP contribution in [0.3, 0.4) is 0 Å². The third-order valence-corrected chi connectivity index (χ3v) is 6.48. The molecule has 1 amide bonds.